The predicted octanol–water partition coefficient (Wildman–Crippen LogP) is 1.55. The first-order valence-electron chi connectivity index (χ1n) is 16.4. The fraction of sp³-hybridized carbons (Fsp3) is 0.514. The van der Waals surface area contributed by atoms with Crippen LogP contribution in [0.15, 0.2) is 54.6 Å². The summed E-state index contributed by atoms with van der Waals surface area (Å²) in [4.78, 5) is 70.1. The molecule has 2 aliphatic rings. The lowest BCUT2D eigenvalue weighted by atomic mass is 10.00. The highest BCUT2D eigenvalue weighted by atomic mass is 16.2. The van der Waals surface area contributed by atoms with Gasteiger partial charge in [-0.25, -0.2) is 0 Å². The highest BCUT2D eigenvalue weighted by Gasteiger charge is 2.29. The van der Waals surface area contributed by atoms with Gasteiger partial charge in [-0.15, -0.1) is 0 Å². The van der Waals surface area contributed by atoms with Crippen molar-refractivity contribution in [2.24, 2.45) is 5.92 Å². The molecule has 11 nitrogen and oxygen atoms in total. The lowest BCUT2D eigenvalue weighted by Crippen LogP contribution is -2.57. The van der Waals surface area contributed by atoms with Crippen molar-refractivity contribution in [2.45, 2.75) is 77.5 Å². The second-order valence-corrected chi connectivity index (χ2v) is 12.6. The molecule has 2 aliphatic heterocycles. The van der Waals surface area contributed by atoms with Gasteiger partial charge in [-0.2, -0.15) is 0 Å². The molecule has 4 N–H and O–H groups in total. The van der Waals surface area contributed by atoms with Gasteiger partial charge in [-0.1, -0.05) is 68.4 Å². The van der Waals surface area contributed by atoms with Crippen LogP contribution in [-0.4, -0.2) is 90.2 Å². The summed E-state index contributed by atoms with van der Waals surface area (Å²) >= 11 is 0. The Kier molecular flexibility index (Phi) is 12.7. The molecule has 11 heteroatoms. The van der Waals surface area contributed by atoms with Crippen molar-refractivity contribution in [3.63, 3.8) is 0 Å². The third kappa shape index (κ3) is 10.1. The summed E-state index contributed by atoms with van der Waals surface area (Å²) in [7, 11) is 0. The molecule has 0 spiro atoms. The van der Waals surface area contributed by atoms with Gasteiger partial charge in [-0.05, 0) is 48.8 Å². The molecule has 0 unspecified atom stereocenters. The predicted molar refractivity (Wildman–Crippen MR) is 175 cm³/mol. The third-order valence-corrected chi connectivity index (χ3v) is 8.59. The molecule has 46 heavy (non-hydrogen) atoms. The van der Waals surface area contributed by atoms with Crippen molar-refractivity contribution in [3.8, 4) is 0 Å². The van der Waals surface area contributed by atoms with Crippen LogP contribution in [0.1, 0.15) is 56.7 Å². The maximum atomic E-state index is 13.6. The van der Waals surface area contributed by atoms with Crippen LogP contribution in [0.3, 0.4) is 0 Å². The van der Waals surface area contributed by atoms with Gasteiger partial charge in [0.1, 0.15) is 18.1 Å². The monoisotopic (exact) mass is 632 g/mol. The van der Waals surface area contributed by atoms with Gasteiger partial charge in [0.25, 0.3) is 0 Å². The van der Waals surface area contributed by atoms with E-state index in [1.54, 1.807) is 11.8 Å². The van der Waals surface area contributed by atoms with E-state index in [4.69, 9.17) is 0 Å². The van der Waals surface area contributed by atoms with Crippen molar-refractivity contribution >= 4 is 29.5 Å². The van der Waals surface area contributed by atoms with E-state index in [-0.39, 0.29) is 43.0 Å². The summed E-state index contributed by atoms with van der Waals surface area (Å²) in [5, 5.41) is 11.2. The minimum atomic E-state index is -0.927. The van der Waals surface area contributed by atoms with Gasteiger partial charge in [0.2, 0.25) is 29.5 Å². The summed E-state index contributed by atoms with van der Waals surface area (Å²) in [6.45, 7) is 8.12. The van der Waals surface area contributed by atoms with Gasteiger partial charge in [0.05, 0.1) is 6.54 Å². The molecule has 2 aromatic carbocycles. The van der Waals surface area contributed by atoms with Gasteiger partial charge in [0, 0.05) is 45.6 Å². The van der Waals surface area contributed by atoms with Gasteiger partial charge < -0.3 is 26.2 Å². The van der Waals surface area contributed by atoms with Crippen molar-refractivity contribution < 1.29 is 24.0 Å². The summed E-state index contributed by atoms with van der Waals surface area (Å²) in [6, 6.07) is 15.0. The van der Waals surface area contributed by atoms with Crippen LogP contribution in [0, 0.1) is 5.92 Å². The van der Waals surface area contributed by atoms with E-state index in [0.717, 1.165) is 18.5 Å². The quantitative estimate of drug-likeness (QED) is 0.395. The zero-order valence-electron chi connectivity index (χ0n) is 27.2. The van der Waals surface area contributed by atoms with E-state index in [2.05, 4.69) is 38.3 Å². The standard InChI is InChI=1S/C35H48N6O5/c1-24(2)32-35(46)36-17-10-19-41(31(43)23-40-20-16-27-13-7-8-14-28(27)22-40)18-9-15-30(42)38-29(21-26-11-5-4-6-12-26)34(45)37-25(3)33(44)39-32/h4-8,11-14,24-25,29,32H,9-10,15-23H2,1-3H3,(H,36,46)(H,37,45)(H,38,42)(H,39,44)/t25-,29+,32-/m1/s1. The maximum Gasteiger partial charge on any atom is 0.243 e. The minimum Gasteiger partial charge on any atom is -0.354 e. The van der Waals surface area contributed by atoms with E-state index in [1.165, 1.54) is 11.1 Å². The fourth-order valence-electron chi connectivity index (χ4n) is 5.88. The number of rotatable bonds is 5. The highest BCUT2D eigenvalue weighted by Crippen LogP contribution is 2.18. The van der Waals surface area contributed by atoms with Crippen LogP contribution in [0.2, 0.25) is 0 Å². The first-order chi connectivity index (χ1) is 22.1. The average molecular weight is 633 g/mol. The number of hydrogen-bond acceptors (Lipinski definition) is 6. The summed E-state index contributed by atoms with van der Waals surface area (Å²) in [5.74, 6) is -1.83. The van der Waals surface area contributed by atoms with Crippen LogP contribution in [0.5, 0.6) is 0 Å². The van der Waals surface area contributed by atoms with E-state index in [1.807, 2.05) is 56.3 Å². The molecular formula is C35H48N6O5. The van der Waals surface area contributed by atoms with Crippen LogP contribution in [-0.2, 0) is 43.4 Å². The van der Waals surface area contributed by atoms with Gasteiger partial charge in [0.15, 0.2) is 0 Å². The second-order valence-electron chi connectivity index (χ2n) is 12.6. The Morgan fingerprint density at radius 2 is 1.50 bits per heavy atom. The van der Waals surface area contributed by atoms with Crippen LogP contribution in [0.25, 0.3) is 0 Å². The minimum absolute atomic E-state index is 0.0249. The molecule has 0 radical (unpaired) electrons. The molecule has 0 aliphatic carbocycles. The Labute approximate surface area is 271 Å². The maximum absolute atomic E-state index is 13.6. The molecule has 2 heterocycles. The summed E-state index contributed by atoms with van der Waals surface area (Å²) in [6.07, 6.45) is 2.20. The molecule has 1 fully saturated rings. The number of carbonyl (C=O) groups is 5. The number of amides is 5. The van der Waals surface area contributed by atoms with Crippen molar-refractivity contribution in [1.82, 2.24) is 31.1 Å². The number of nitrogens with one attached hydrogen (secondary N) is 4. The van der Waals surface area contributed by atoms with Gasteiger partial charge >= 0.3 is 0 Å². The number of carbonyl (C=O) groups excluding carboxylic acids is 5. The number of benzene rings is 2. The number of nitrogens with zero attached hydrogens (tertiary/aromatic N) is 2. The molecule has 3 atom stereocenters. The largest absolute Gasteiger partial charge is 0.354 e. The molecule has 1 saturated heterocycles. The van der Waals surface area contributed by atoms with Crippen LogP contribution in [0.4, 0.5) is 0 Å². The van der Waals surface area contributed by atoms with Crippen molar-refractivity contribution in [1.29, 1.82) is 0 Å². The second kappa shape index (κ2) is 16.9. The first kappa shape index (κ1) is 34.6. The third-order valence-electron chi connectivity index (χ3n) is 8.59. The Morgan fingerprint density at radius 1 is 0.804 bits per heavy atom. The van der Waals surface area contributed by atoms with Gasteiger partial charge in [-0.3, -0.25) is 28.9 Å². The van der Waals surface area contributed by atoms with Crippen LogP contribution < -0.4 is 21.3 Å². The molecule has 0 saturated carbocycles. The van der Waals surface area contributed by atoms with E-state index >= 15 is 0 Å². The molecule has 0 aromatic heterocycles. The smallest absolute Gasteiger partial charge is 0.243 e. The SMILES string of the molecule is CC(C)[C@H]1NC(=O)[C@@H](C)NC(=O)[C@H](Cc2ccccc2)NC(=O)CCCN(C(=O)CN2CCc3ccccc3C2)CCCNC1=O. The number of hydrogen-bond donors (Lipinski definition) is 4. The van der Waals surface area contributed by atoms with Crippen LogP contribution >= 0.6 is 0 Å². The van der Waals surface area contributed by atoms with E-state index in [0.29, 0.717) is 39.0 Å². The molecule has 5 amide bonds. The Balaban J connectivity index is 1.47. The van der Waals surface area contributed by atoms with E-state index in [9.17, 15) is 24.0 Å². The fourth-order valence-corrected chi connectivity index (χ4v) is 5.88. The molecule has 248 valence electrons. The van der Waals surface area contributed by atoms with Crippen molar-refractivity contribution in [2.75, 3.05) is 32.7 Å². The Bertz CT molecular complexity index is 1370. The number of fused-ring (bicyclic) bond motifs is 1. The topological polar surface area (TPSA) is 140 Å². The zero-order chi connectivity index (χ0) is 33.1. The van der Waals surface area contributed by atoms with E-state index < -0.39 is 29.9 Å². The average Bonchev–Trinajstić information content (AvgIpc) is 3.03. The zero-order valence-corrected chi connectivity index (χ0v) is 27.2. The lowest BCUT2D eigenvalue weighted by Gasteiger charge is -2.31. The summed E-state index contributed by atoms with van der Waals surface area (Å²) in [5.41, 5.74) is 3.40. The summed E-state index contributed by atoms with van der Waals surface area (Å²) < 4.78 is 0. The lowest BCUT2D eigenvalue weighted by molar-refractivity contribution is -0.134. The Morgan fingerprint density at radius 3 is 2.24 bits per heavy atom. The normalized spacial score (nSPS) is 22.9. The molecular weight excluding hydrogens is 584 g/mol. The highest BCUT2D eigenvalue weighted by molar-refractivity contribution is 5.94. The Hall–Kier alpha value is -4.25. The first-order valence-corrected chi connectivity index (χ1v) is 16.4. The van der Waals surface area contributed by atoms with Crippen molar-refractivity contribution in [3.05, 3.63) is 71.3 Å². The molecule has 2 aromatic rings. The molecule has 0 bridgehead atoms. The molecule has 4 rings (SSSR count).